The van der Waals surface area contributed by atoms with Crippen molar-refractivity contribution in [1.29, 1.82) is 0 Å². The van der Waals surface area contributed by atoms with Crippen molar-refractivity contribution < 1.29 is 18.8 Å². The number of imide groups is 2. The summed E-state index contributed by atoms with van der Waals surface area (Å²) in [5, 5.41) is 0.163. The molecule has 0 bridgehead atoms. The molecule has 5 nitrogen and oxygen atoms in total. The fourth-order valence-corrected chi connectivity index (χ4v) is 2.48. The second kappa shape index (κ2) is 6.73. The number of hydrogen-bond donors (Lipinski definition) is 0. The molecule has 1 aliphatic rings. The van der Waals surface area contributed by atoms with Crippen LogP contribution in [-0.2, 0) is 9.59 Å². The molecule has 0 unspecified atom stereocenters. The molecular formula is C17H18ClFN2O3. The number of rotatable bonds is 2. The first-order chi connectivity index (χ1) is 11.1. The molecule has 1 aliphatic heterocycles. The molecule has 0 aliphatic carbocycles. The van der Waals surface area contributed by atoms with Crippen molar-refractivity contribution in [2.24, 2.45) is 5.41 Å². The molecule has 2 rings (SSSR count). The van der Waals surface area contributed by atoms with Gasteiger partial charge in [0.1, 0.15) is 5.82 Å². The Labute approximate surface area is 144 Å². The molecule has 7 heteroatoms. The molecule has 0 spiro atoms. The van der Waals surface area contributed by atoms with Crippen molar-refractivity contribution in [3.8, 4) is 0 Å². The van der Waals surface area contributed by atoms with Crippen LogP contribution in [0.4, 0.5) is 9.18 Å². The Morgan fingerprint density at radius 1 is 1.21 bits per heavy atom. The summed E-state index contributed by atoms with van der Waals surface area (Å²) >= 11 is 5.88. The predicted molar refractivity (Wildman–Crippen MR) is 88.7 cm³/mol. The number of carbonyl (C=O) groups excluding carboxylic acids is 3. The van der Waals surface area contributed by atoms with Crippen LogP contribution in [0.2, 0.25) is 5.02 Å². The fraction of sp³-hybridized carbons (Fsp3) is 0.353. The Kier molecular flexibility index (Phi) is 5.08. The monoisotopic (exact) mass is 352 g/mol. The summed E-state index contributed by atoms with van der Waals surface area (Å²) in [6, 6.07) is 3.51. The van der Waals surface area contributed by atoms with Gasteiger partial charge in [-0.15, -0.1) is 0 Å². The third-order valence-electron chi connectivity index (χ3n) is 3.55. The molecule has 0 radical (unpaired) electrons. The standard InChI is InChI=1S/C17H18ClFN2O3/c1-17(2,3)15(23)21-10-9-20(16(21)24)14(22)8-7-11-12(18)5-4-6-13(11)19/h4-8H,9-10H2,1-3H3/b8-7+. The van der Waals surface area contributed by atoms with Crippen LogP contribution in [0.1, 0.15) is 26.3 Å². The zero-order chi connectivity index (χ0) is 18.1. The van der Waals surface area contributed by atoms with Crippen molar-refractivity contribution in [2.75, 3.05) is 13.1 Å². The van der Waals surface area contributed by atoms with Crippen LogP contribution in [-0.4, -0.2) is 40.7 Å². The van der Waals surface area contributed by atoms with Gasteiger partial charge in [0.05, 0.1) is 5.02 Å². The number of benzene rings is 1. The summed E-state index contributed by atoms with van der Waals surface area (Å²) in [4.78, 5) is 38.6. The minimum atomic E-state index is -0.717. The van der Waals surface area contributed by atoms with Crippen LogP contribution in [0.3, 0.4) is 0 Å². The highest BCUT2D eigenvalue weighted by molar-refractivity contribution is 6.32. The fourth-order valence-electron chi connectivity index (χ4n) is 2.25. The highest BCUT2D eigenvalue weighted by atomic mass is 35.5. The largest absolute Gasteiger partial charge is 0.333 e. The number of carbonyl (C=O) groups is 3. The Bertz CT molecular complexity index is 705. The summed E-state index contributed by atoms with van der Waals surface area (Å²) < 4.78 is 13.7. The third-order valence-corrected chi connectivity index (χ3v) is 3.88. The maximum Gasteiger partial charge on any atom is 0.333 e. The lowest BCUT2D eigenvalue weighted by Crippen LogP contribution is -2.43. The van der Waals surface area contributed by atoms with Crippen molar-refractivity contribution in [2.45, 2.75) is 20.8 Å². The van der Waals surface area contributed by atoms with E-state index in [-0.39, 0.29) is 29.6 Å². The van der Waals surface area contributed by atoms with E-state index in [1.807, 2.05) is 0 Å². The maximum atomic E-state index is 13.7. The summed E-state index contributed by atoms with van der Waals surface area (Å²) in [5.74, 6) is -1.53. The molecule has 1 aromatic carbocycles. The first-order valence-corrected chi connectivity index (χ1v) is 7.80. The van der Waals surface area contributed by atoms with E-state index in [1.54, 1.807) is 20.8 Å². The smallest absolute Gasteiger partial charge is 0.274 e. The van der Waals surface area contributed by atoms with Gasteiger partial charge in [0.2, 0.25) is 5.91 Å². The summed E-state index contributed by atoms with van der Waals surface area (Å²) in [5.41, 5.74) is -0.646. The predicted octanol–water partition coefficient (Wildman–Crippen LogP) is 3.33. The van der Waals surface area contributed by atoms with Crippen LogP contribution < -0.4 is 0 Å². The van der Waals surface area contributed by atoms with Crippen molar-refractivity contribution in [3.63, 3.8) is 0 Å². The molecule has 24 heavy (non-hydrogen) atoms. The number of hydrogen-bond acceptors (Lipinski definition) is 3. The zero-order valence-electron chi connectivity index (χ0n) is 13.7. The van der Waals surface area contributed by atoms with Gasteiger partial charge in [-0.1, -0.05) is 38.4 Å². The van der Waals surface area contributed by atoms with Gasteiger partial charge in [-0.3, -0.25) is 19.4 Å². The Hall–Kier alpha value is -2.21. The maximum absolute atomic E-state index is 13.7. The van der Waals surface area contributed by atoms with Gasteiger partial charge in [0.25, 0.3) is 5.91 Å². The topological polar surface area (TPSA) is 57.7 Å². The average Bonchev–Trinajstić information content (AvgIpc) is 2.86. The van der Waals surface area contributed by atoms with Crippen molar-refractivity contribution >= 4 is 35.5 Å². The normalized spacial score (nSPS) is 15.5. The van der Waals surface area contributed by atoms with Gasteiger partial charge in [0, 0.05) is 30.1 Å². The molecule has 4 amide bonds. The van der Waals surface area contributed by atoms with E-state index in [4.69, 9.17) is 11.6 Å². The van der Waals surface area contributed by atoms with Crippen LogP contribution in [0.15, 0.2) is 24.3 Å². The van der Waals surface area contributed by atoms with Gasteiger partial charge in [-0.2, -0.15) is 0 Å². The molecule has 0 aromatic heterocycles. The molecule has 1 aromatic rings. The zero-order valence-corrected chi connectivity index (χ0v) is 14.4. The van der Waals surface area contributed by atoms with Gasteiger partial charge in [-0.05, 0) is 18.2 Å². The number of urea groups is 1. The molecule has 1 saturated heterocycles. The first-order valence-electron chi connectivity index (χ1n) is 7.42. The molecule has 0 N–H and O–H groups in total. The van der Waals surface area contributed by atoms with Gasteiger partial charge < -0.3 is 0 Å². The Balaban J connectivity index is 2.13. The molecule has 128 valence electrons. The minimum absolute atomic E-state index is 0.0711. The van der Waals surface area contributed by atoms with Crippen LogP contribution >= 0.6 is 11.6 Å². The lowest BCUT2D eigenvalue weighted by molar-refractivity contribution is -0.135. The van der Waals surface area contributed by atoms with Crippen molar-refractivity contribution in [3.05, 3.63) is 40.7 Å². The molecule has 0 saturated carbocycles. The molecule has 1 fully saturated rings. The molecule has 0 atom stereocenters. The van der Waals surface area contributed by atoms with Crippen LogP contribution in [0.5, 0.6) is 0 Å². The van der Waals surface area contributed by atoms with Gasteiger partial charge in [0.15, 0.2) is 0 Å². The van der Waals surface area contributed by atoms with E-state index < -0.39 is 23.2 Å². The highest BCUT2D eigenvalue weighted by Gasteiger charge is 2.39. The number of halogens is 2. The quantitative estimate of drug-likeness (QED) is 0.767. The number of nitrogens with zero attached hydrogens (tertiary/aromatic N) is 2. The van der Waals surface area contributed by atoms with Crippen molar-refractivity contribution in [1.82, 2.24) is 9.80 Å². The van der Waals surface area contributed by atoms with E-state index >= 15 is 0 Å². The Morgan fingerprint density at radius 2 is 1.83 bits per heavy atom. The lowest BCUT2D eigenvalue weighted by Gasteiger charge is -2.23. The highest BCUT2D eigenvalue weighted by Crippen LogP contribution is 2.23. The average molecular weight is 353 g/mol. The lowest BCUT2D eigenvalue weighted by atomic mass is 9.95. The summed E-state index contributed by atoms with van der Waals surface area (Å²) in [6.07, 6.45) is 2.30. The number of amides is 4. The second-order valence-corrected chi connectivity index (χ2v) is 6.86. The minimum Gasteiger partial charge on any atom is -0.274 e. The summed E-state index contributed by atoms with van der Waals surface area (Å²) in [6.45, 7) is 5.36. The van der Waals surface area contributed by atoms with E-state index in [9.17, 15) is 18.8 Å². The van der Waals surface area contributed by atoms with Crippen LogP contribution in [0, 0.1) is 11.2 Å². The van der Waals surface area contributed by atoms with Crippen LogP contribution in [0.25, 0.3) is 6.08 Å². The second-order valence-electron chi connectivity index (χ2n) is 6.45. The van der Waals surface area contributed by atoms with Gasteiger partial charge in [-0.25, -0.2) is 9.18 Å². The van der Waals surface area contributed by atoms with E-state index in [0.717, 1.165) is 15.9 Å². The third kappa shape index (κ3) is 3.64. The molecule has 1 heterocycles. The summed E-state index contributed by atoms with van der Waals surface area (Å²) in [7, 11) is 0. The first kappa shape index (κ1) is 18.1. The van der Waals surface area contributed by atoms with E-state index in [0.29, 0.717) is 0 Å². The SMILES string of the molecule is CC(C)(C)C(=O)N1CCN(C(=O)/C=C/c2c(F)cccc2Cl)C1=O. The van der Waals surface area contributed by atoms with E-state index in [2.05, 4.69) is 0 Å². The Morgan fingerprint density at radius 3 is 2.42 bits per heavy atom. The molecular weight excluding hydrogens is 335 g/mol. The van der Waals surface area contributed by atoms with E-state index in [1.165, 1.54) is 24.3 Å². The van der Waals surface area contributed by atoms with Gasteiger partial charge >= 0.3 is 6.03 Å².